The summed E-state index contributed by atoms with van der Waals surface area (Å²) in [6.07, 6.45) is 2.04. The van der Waals surface area contributed by atoms with Crippen molar-refractivity contribution in [2.45, 2.75) is 6.92 Å². The molecule has 0 aliphatic carbocycles. The van der Waals surface area contributed by atoms with Gasteiger partial charge >= 0.3 is 18.9 Å². The van der Waals surface area contributed by atoms with Gasteiger partial charge in [0.1, 0.15) is 0 Å². The van der Waals surface area contributed by atoms with Crippen molar-refractivity contribution >= 4 is 18.9 Å². The first-order chi connectivity index (χ1) is 3.30. The molecule has 1 rings (SSSR count). The van der Waals surface area contributed by atoms with Crippen molar-refractivity contribution in [2.75, 3.05) is 0 Å². The third kappa shape index (κ3) is 1.43. The molecule has 0 bridgehead atoms. The van der Waals surface area contributed by atoms with Crippen molar-refractivity contribution in [2.24, 2.45) is 7.05 Å². The first-order valence-electron chi connectivity index (χ1n) is 2.38. The Balaban J connectivity index is 0.000000490. The zero-order chi connectivity index (χ0) is 5.28. The Bertz CT molecular complexity index is 141. The van der Waals surface area contributed by atoms with E-state index in [4.69, 9.17) is 0 Å². The first kappa shape index (κ1) is 7.88. The van der Waals surface area contributed by atoms with E-state index >= 15 is 0 Å². The van der Waals surface area contributed by atoms with Gasteiger partial charge in [-0.2, -0.15) is 0 Å². The van der Waals surface area contributed by atoms with E-state index in [1.54, 1.807) is 0 Å². The van der Waals surface area contributed by atoms with Gasteiger partial charge in [-0.1, -0.05) is 0 Å². The van der Waals surface area contributed by atoms with Crippen LogP contribution in [0.5, 0.6) is 0 Å². The van der Waals surface area contributed by atoms with E-state index in [1.807, 2.05) is 19.3 Å². The van der Waals surface area contributed by atoms with Gasteiger partial charge in [0, 0.05) is 18.9 Å². The molecule has 1 aromatic rings. The quantitative estimate of drug-likeness (QED) is 0.425. The minimum absolute atomic E-state index is 0. The second kappa shape index (κ2) is 3.01. The summed E-state index contributed by atoms with van der Waals surface area (Å²) in [5.41, 5.74) is 1.31. The van der Waals surface area contributed by atoms with Crippen molar-refractivity contribution in [3.05, 3.63) is 24.0 Å². The first-order valence-corrected chi connectivity index (χ1v) is 2.38. The van der Waals surface area contributed by atoms with E-state index in [9.17, 15) is 0 Å². The minimum atomic E-state index is 0. The van der Waals surface area contributed by atoms with Crippen molar-refractivity contribution in [3.63, 3.8) is 0 Å². The number of aromatic nitrogens is 1. The van der Waals surface area contributed by atoms with Crippen LogP contribution in [0.15, 0.2) is 18.3 Å². The van der Waals surface area contributed by atoms with Gasteiger partial charge in [0.15, 0.2) is 0 Å². The molecule has 0 saturated heterocycles. The van der Waals surface area contributed by atoms with E-state index in [0.29, 0.717) is 0 Å². The molecular weight excluding hydrogens is 93.0 g/mol. The Morgan fingerprint density at radius 1 is 1.50 bits per heavy atom. The van der Waals surface area contributed by atoms with Crippen molar-refractivity contribution < 1.29 is 0 Å². The molecule has 0 atom stereocenters. The number of hydrogen-bond acceptors (Lipinski definition) is 0. The van der Waals surface area contributed by atoms with Crippen molar-refractivity contribution in [1.82, 2.24) is 4.57 Å². The van der Waals surface area contributed by atoms with Crippen molar-refractivity contribution in [1.29, 1.82) is 0 Å². The molecule has 0 fully saturated rings. The van der Waals surface area contributed by atoms with Crippen LogP contribution in [0.4, 0.5) is 0 Å². The van der Waals surface area contributed by atoms with E-state index in [0.717, 1.165) is 0 Å². The average Bonchev–Trinajstić information content (AvgIpc) is 1.91. The maximum absolute atomic E-state index is 2.08. The standard InChI is InChI=1S/C6H9N.Li.H/c1-6-4-3-5-7(6)2;;/h3-5H,1-2H3;;. The molecule has 40 valence electrons. The second-order valence-corrected chi connectivity index (χ2v) is 1.76. The third-order valence-electron chi connectivity index (χ3n) is 1.20. The molecule has 0 N–H and O–H groups in total. The molecule has 8 heavy (non-hydrogen) atoms. The van der Waals surface area contributed by atoms with Crippen LogP contribution >= 0.6 is 0 Å². The fourth-order valence-corrected chi connectivity index (χ4v) is 0.547. The fourth-order valence-electron chi connectivity index (χ4n) is 0.547. The molecule has 1 heterocycles. The number of hydrogen-bond donors (Lipinski definition) is 0. The Labute approximate surface area is 61.9 Å². The Hall–Kier alpha value is -0.123. The van der Waals surface area contributed by atoms with E-state index in [1.165, 1.54) is 5.69 Å². The van der Waals surface area contributed by atoms with Gasteiger partial charge in [0.05, 0.1) is 0 Å². The topological polar surface area (TPSA) is 4.93 Å². The van der Waals surface area contributed by atoms with Crippen LogP contribution in [0.25, 0.3) is 0 Å². The maximum atomic E-state index is 2.08. The SMILES string of the molecule is Cc1cccn1C.[LiH]. The molecule has 1 aromatic heterocycles. The normalized spacial score (nSPS) is 8.25. The molecule has 0 unspecified atom stereocenters. The van der Waals surface area contributed by atoms with Gasteiger partial charge < -0.3 is 4.57 Å². The zero-order valence-electron chi connectivity index (χ0n) is 4.68. The summed E-state index contributed by atoms with van der Waals surface area (Å²) in [6, 6.07) is 4.12. The van der Waals surface area contributed by atoms with E-state index < -0.39 is 0 Å². The molecule has 0 spiro atoms. The van der Waals surface area contributed by atoms with Crippen LogP contribution in [0, 0.1) is 6.92 Å². The zero-order valence-corrected chi connectivity index (χ0v) is 4.68. The molecule has 2 heteroatoms. The van der Waals surface area contributed by atoms with Gasteiger partial charge in [-0.25, -0.2) is 0 Å². The predicted octanol–water partition coefficient (Wildman–Crippen LogP) is 0.685. The van der Waals surface area contributed by atoms with Gasteiger partial charge in [0.2, 0.25) is 0 Å². The molecular formula is C6H10LiN. The Kier molecular flexibility index (Phi) is 2.97. The summed E-state index contributed by atoms with van der Waals surface area (Å²) in [6.45, 7) is 2.08. The van der Waals surface area contributed by atoms with Crippen LogP contribution < -0.4 is 0 Å². The molecule has 1 nitrogen and oxygen atoms in total. The van der Waals surface area contributed by atoms with E-state index in [2.05, 4.69) is 17.6 Å². The van der Waals surface area contributed by atoms with Crippen LogP contribution in [-0.2, 0) is 7.05 Å². The van der Waals surface area contributed by atoms with Gasteiger partial charge in [-0.15, -0.1) is 0 Å². The Morgan fingerprint density at radius 2 is 2.12 bits per heavy atom. The van der Waals surface area contributed by atoms with Gasteiger partial charge in [0.25, 0.3) is 0 Å². The van der Waals surface area contributed by atoms with Crippen LogP contribution in [-0.4, -0.2) is 23.4 Å². The molecule has 0 aliphatic rings. The van der Waals surface area contributed by atoms with Crippen LogP contribution in [0.2, 0.25) is 0 Å². The monoisotopic (exact) mass is 103 g/mol. The number of rotatable bonds is 0. The van der Waals surface area contributed by atoms with Crippen LogP contribution in [0.3, 0.4) is 0 Å². The van der Waals surface area contributed by atoms with Gasteiger partial charge in [-0.05, 0) is 19.1 Å². The summed E-state index contributed by atoms with van der Waals surface area (Å²) in [4.78, 5) is 0. The summed E-state index contributed by atoms with van der Waals surface area (Å²) in [7, 11) is 2.04. The third-order valence-corrected chi connectivity index (χ3v) is 1.20. The summed E-state index contributed by atoms with van der Waals surface area (Å²) in [5.74, 6) is 0. The summed E-state index contributed by atoms with van der Waals surface area (Å²) in [5, 5.41) is 0. The van der Waals surface area contributed by atoms with Crippen LogP contribution in [0.1, 0.15) is 5.69 Å². The molecule has 0 saturated carbocycles. The van der Waals surface area contributed by atoms with E-state index in [-0.39, 0.29) is 18.9 Å². The predicted molar refractivity (Wildman–Crippen MR) is 37.3 cm³/mol. The van der Waals surface area contributed by atoms with Gasteiger partial charge in [-0.3, -0.25) is 0 Å². The Morgan fingerprint density at radius 3 is 2.25 bits per heavy atom. The summed E-state index contributed by atoms with van der Waals surface area (Å²) >= 11 is 0. The number of aryl methyl sites for hydroxylation is 2. The molecule has 0 aromatic carbocycles. The fraction of sp³-hybridized carbons (Fsp3) is 0.333. The van der Waals surface area contributed by atoms with Crippen molar-refractivity contribution in [3.8, 4) is 0 Å². The molecule has 0 radical (unpaired) electrons. The molecule has 0 amide bonds. The average molecular weight is 103 g/mol. The summed E-state index contributed by atoms with van der Waals surface area (Å²) < 4.78 is 2.08. The second-order valence-electron chi connectivity index (χ2n) is 1.76. The molecule has 0 aliphatic heterocycles. The number of nitrogens with zero attached hydrogens (tertiary/aromatic N) is 1.